The number of imide groups is 2. The first-order valence-corrected chi connectivity index (χ1v) is 16.1. The van der Waals surface area contributed by atoms with Gasteiger partial charge in [-0.05, 0) is 50.4 Å². The molecule has 0 bridgehead atoms. The van der Waals surface area contributed by atoms with Crippen LogP contribution in [0.5, 0.6) is 0 Å². The molecule has 0 saturated carbocycles. The maximum atomic E-state index is 11.8. The lowest BCUT2D eigenvalue weighted by molar-refractivity contribution is -0.197. The van der Waals surface area contributed by atoms with Crippen LogP contribution in [0.2, 0.25) is 0 Å². The number of hydrogen-bond donors (Lipinski definition) is 2. The van der Waals surface area contributed by atoms with Crippen molar-refractivity contribution in [2.24, 2.45) is 10.8 Å². The van der Waals surface area contributed by atoms with Crippen LogP contribution >= 0.6 is 0 Å². The standard InChI is InChI=1S/C17H26N2O7.C16H24N2O5.3CH4/c1-11(16(24)25-9-5-8-17(2,3)4)18-12(20)10-15(23)26-19-13(21)6-7-14(19)22;1-11(15(22)23-9-5-8-16(2,3)4)17-12(19)10-18-13(20)6-7-14(18)21;;;/h11H,5-10H2,1-4H3,(H,18,20);6-7,11H,5,8-10H2,1-4H3,(H,17,19);3*1H4. The maximum absolute atomic E-state index is 11.8. The number of amides is 6. The molecule has 2 aliphatic heterocycles. The van der Waals surface area contributed by atoms with Gasteiger partial charge in [0.1, 0.15) is 25.0 Å². The zero-order chi connectivity index (χ0) is 37.5. The van der Waals surface area contributed by atoms with Crippen LogP contribution in [0.1, 0.15) is 123 Å². The monoisotopic (exact) mass is 742 g/mol. The van der Waals surface area contributed by atoms with E-state index in [-0.39, 0.29) is 52.6 Å². The lowest BCUT2D eigenvalue weighted by Gasteiger charge is -2.19. The van der Waals surface area contributed by atoms with Crippen molar-refractivity contribution in [1.29, 1.82) is 0 Å². The largest absolute Gasteiger partial charge is 0.464 e. The Bertz CT molecular complexity index is 1260. The fraction of sp³-hybridized carbons (Fsp3) is 0.694. The van der Waals surface area contributed by atoms with Gasteiger partial charge < -0.3 is 24.9 Å². The van der Waals surface area contributed by atoms with Crippen molar-refractivity contribution in [3.05, 3.63) is 12.2 Å². The number of esters is 2. The number of rotatable bonds is 15. The molecule has 2 aliphatic rings. The highest BCUT2D eigenvalue weighted by molar-refractivity contribution is 6.14. The van der Waals surface area contributed by atoms with Crippen molar-refractivity contribution in [3.8, 4) is 0 Å². The summed E-state index contributed by atoms with van der Waals surface area (Å²) in [4.78, 5) is 109. The van der Waals surface area contributed by atoms with Crippen LogP contribution in [-0.4, -0.2) is 95.2 Å². The Kier molecular flexibility index (Phi) is 23.6. The number of ether oxygens (including phenoxy) is 2. The molecule has 0 aliphatic carbocycles. The number of nitrogens with one attached hydrogen (secondary N) is 2. The van der Waals surface area contributed by atoms with Crippen LogP contribution in [0.3, 0.4) is 0 Å². The Labute approximate surface area is 308 Å². The third kappa shape index (κ3) is 20.9. The molecular formula is C36H62N4O12. The molecule has 2 rings (SSSR count). The van der Waals surface area contributed by atoms with Crippen molar-refractivity contribution < 1.29 is 57.5 Å². The highest BCUT2D eigenvalue weighted by Crippen LogP contribution is 2.21. The molecule has 0 radical (unpaired) electrons. The summed E-state index contributed by atoms with van der Waals surface area (Å²) in [6.45, 7) is 15.6. The summed E-state index contributed by atoms with van der Waals surface area (Å²) in [5.41, 5.74) is 0.319. The van der Waals surface area contributed by atoms with Gasteiger partial charge in [0.05, 0.1) is 13.2 Å². The van der Waals surface area contributed by atoms with Crippen LogP contribution in [0, 0.1) is 10.8 Å². The molecule has 298 valence electrons. The lowest BCUT2D eigenvalue weighted by atomic mass is 9.91. The van der Waals surface area contributed by atoms with Gasteiger partial charge in [-0.2, -0.15) is 0 Å². The van der Waals surface area contributed by atoms with Gasteiger partial charge in [0.2, 0.25) is 11.8 Å². The normalized spacial score (nSPS) is 14.8. The molecule has 16 heteroatoms. The summed E-state index contributed by atoms with van der Waals surface area (Å²) < 4.78 is 10.2. The van der Waals surface area contributed by atoms with Gasteiger partial charge in [-0.3, -0.25) is 33.7 Å². The first-order valence-electron chi connectivity index (χ1n) is 16.1. The zero-order valence-corrected chi connectivity index (χ0v) is 29.7. The van der Waals surface area contributed by atoms with E-state index in [0.717, 1.165) is 36.3 Å². The van der Waals surface area contributed by atoms with E-state index >= 15 is 0 Å². The highest BCUT2D eigenvalue weighted by atomic mass is 16.7. The lowest BCUT2D eigenvalue weighted by Crippen LogP contribution is -2.46. The van der Waals surface area contributed by atoms with Gasteiger partial charge in [0.25, 0.3) is 23.6 Å². The molecular weight excluding hydrogens is 680 g/mol. The summed E-state index contributed by atoms with van der Waals surface area (Å²) >= 11 is 0. The van der Waals surface area contributed by atoms with Gasteiger partial charge in [-0.1, -0.05) is 63.8 Å². The van der Waals surface area contributed by atoms with Crippen molar-refractivity contribution in [2.75, 3.05) is 19.8 Å². The van der Waals surface area contributed by atoms with E-state index in [4.69, 9.17) is 9.47 Å². The van der Waals surface area contributed by atoms with E-state index in [0.29, 0.717) is 18.1 Å². The van der Waals surface area contributed by atoms with E-state index in [1.54, 1.807) is 0 Å². The van der Waals surface area contributed by atoms with Crippen molar-refractivity contribution in [1.82, 2.24) is 20.6 Å². The Morgan fingerprint density at radius 1 is 0.692 bits per heavy atom. The molecule has 1 fully saturated rings. The molecule has 16 nitrogen and oxygen atoms in total. The minimum absolute atomic E-state index is 0. The van der Waals surface area contributed by atoms with Gasteiger partial charge >= 0.3 is 17.9 Å². The summed E-state index contributed by atoms with van der Waals surface area (Å²) in [5.74, 6) is -5.90. The van der Waals surface area contributed by atoms with Crippen LogP contribution < -0.4 is 10.6 Å². The number of carbonyl (C=O) groups excluding carboxylic acids is 9. The molecule has 2 heterocycles. The van der Waals surface area contributed by atoms with E-state index < -0.39 is 78.4 Å². The molecule has 2 N–H and O–H groups in total. The average Bonchev–Trinajstić information content (AvgIpc) is 3.46. The summed E-state index contributed by atoms with van der Waals surface area (Å²) in [7, 11) is 0. The van der Waals surface area contributed by atoms with Gasteiger partial charge in [-0.25, -0.2) is 14.4 Å². The molecule has 2 unspecified atom stereocenters. The van der Waals surface area contributed by atoms with Crippen LogP contribution in [0.15, 0.2) is 12.2 Å². The fourth-order valence-corrected chi connectivity index (χ4v) is 4.15. The number of carbonyl (C=O) groups is 9. The van der Waals surface area contributed by atoms with Crippen molar-refractivity contribution >= 4 is 53.4 Å². The van der Waals surface area contributed by atoms with Crippen molar-refractivity contribution in [3.63, 3.8) is 0 Å². The van der Waals surface area contributed by atoms with Crippen LogP contribution in [0.4, 0.5) is 0 Å². The molecule has 0 spiro atoms. The van der Waals surface area contributed by atoms with Gasteiger partial charge in [0, 0.05) is 25.0 Å². The predicted octanol–water partition coefficient (Wildman–Crippen LogP) is 3.55. The topological polar surface area (TPSA) is 212 Å². The average molecular weight is 743 g/mol. The Hall–Kier alpha value is -4.63. The first-order chi connectivity index (χ1) is 22.6. The minimum Gasteiger partial charge on any atom is -0.464 e. The smallest absolute Gasteiger partial charge is 0.342 e. The van der Waals surface area contributed by atoms with Crippen LogP contribution in [-0.2, 0) is 57.5 Å². The third-order valence-corrected chi connectivity index (χ3v) is 6.80. The molecule has 52 heavy (non-hydrogen) atoms. The highest BCUT2D eigenvalue weighted by Gasteiger charge is 2.33. The molecule has 2 atom stereocenters. The van der Waals surface area contributed by atoms with Gasteiger partial charge in [-0.15, -0.1) is 5.06 Å². The minimum atomic E-state index is -1.06. The summed E-state index contributed by atoms with van der Waals surface area (Å²) in [6, 6.07) is -1.77. The predicted molar refractivity (Wildman–Crippen MR) is 192 cm³/mol. The molecule has 0 aromatic carbocycles. The molecule has 1 saturated heterocycles. The number of nitrogens with zero attached hydrogens (tertiary/aromatic N) is 2. The summed E-state index contributed by atoms with van der Waals surface area (Å²) in [6.07, 6.45) is 4.68. The quantitative estimate of drug-likeness (QED) is 0.107. The fourth-order valence-electron chi connectivity index (χ4n) is 4.15. The number of hydrogen-bond acceptors (Lipinski definition) is 12. The second kappa shape index (κ2) is 23.8. The first kappa shape index (κ1) is 51.7. The Morgan fingerprint density at radius 3 is 1.46 bits per heavy atom. The van der Waals surface area contributed by atoms with Gasteiger partial charge in [0.15, 0.2) is 0 Å². The van der Waals surface area contributed by atoms with Crippen LogP contribution in [0.25, 0.3) is 0 Å². The maximum Gasteiger partial charge on any atom is 0.342 e. The second-order valence-corrected chi connectivity index (χ2v) is 14.1. The summed E-state index contributed by atoms with van der Waals surface area (Å²) in [5, 5.41) is 5.09. The molecule has 0 aromatic heterocycles. The molecule has 0 aromatic rings. The Morgan fingerprint density at radius 2 is 1.08 bits per heavy atom. The van der Waals surface area contributed by atoms with E-state index in [1.165, 1.54) is 13.8 Å². The Balaban J connectivity index is -0.000000879. The molecule has 6 amide bonds. The SMILES string of the molecule is C.C.C.CC(NC(=O)CC(=O)ON1C(=O)CCC1=O)C(=O)OCCCC(C)(C)C.CC(NC(=O)CN1C(=O)C=CC1=O)C(=O)OCCCC(C)(C)C. The van der Waals surface area contributed by atoms with E-state index in [9.17, 15) is 43.2 Å². The third-order valence-electron chi connectivity index (χ3n) is 6.80. The zero-order valence-electron chi connectivity index (χ0n) is 29.7. The van der Waals surface area contributed by atoms with E-state index in [2.05, 4.69) is 57.0 Å². The second-order valence-electron chi connectivity index (χ2n) is 14.1. The van der Waals surface area contributed by atoms with Crippen molar-refractivity contribution in [2.45, 2.75) is 135 Å². The van der Waals surface area contributed by atoms with E-state index in [1.807, 2.05) is 0 Å². The number of hydroxylamine groups is 2.